The zero-order valence-corrected chi connectivity index (χ0v) is 12.1. The lowest BCUT2D eigenvalue weighted by atomic mass is 10.2. The van der Waals surface area contributed by atoms with Crippen LogP contribution in [-0.2, 0) is 22.9 Å². The third kappa shape index (κ3) is 3.79. The fraction of sp³-hybridized carbons (Fsp3) is 0.533. The van der Waals surface area contributed by atoms with Crippen molar-refractivity contribution in [1.29, 1.82) is 0 Å². The minimum absolute atomic E-state index is 0.437. The molecule has 1 aromatic heterocycles. The van der Waals surface area contributed by atoms with Crippen LogP contribution in [0.5, 0.6) is 0 Å². The monoisotopic (exact) mass is 278 g/mol. The normalized spacial score (nSPS) is 12.9. The van der Waals surface area contributed by atoms with E-state index in [0.717, 1.165) is 16.9 Å². The molecule has 1 unspecified atom stereocenters. The highest BCUT2D eigenvalue weighted by atomic mass is 16.5. The van der Waals surface area contributed by atoms with Crippen LogP contribution >= 0.6 is 0 Å². The van der Waals surface area contributed by atoms with Crippen LogP contribution < -0.4 is 0 Å². The van der Waals surface area contributed by atoms with Gasteiger partial charge in [0.1, 0.15) is 5.82 Å². The first-order valence-corrected chi connectivity index (χ1v) is 6.87. The largest absolute Gasteiger partial charge is 0.393 e. The molecule has 0 bridgehead atoms. The van der Waals surface area contributed by atoms with Crippen molar-refractivity contribution in [1.82, 2.24) is 9.55 Å². The van der Waals surface area contributed by atoms with Crippen molar-refractivity contribution >= 4 is 11.0 Å². The van der Waals surface area contributed by atoms with E-state index in [1.165, 1.54) is 0 Å². The van der Waals surface area contributed by atoms with Crippen molar-refractivity contribution in [2.24, 2.45) is 7.05 Å². The molecule has 1 aromatic carbocycles. The second kappa shape index (κ2) is 7.38. The lowest BCUT2D eigenvalue weighted by molar-refractivity contribution is 0.0474. The number of aliphatic hydroxyl groups is 1. The molecule has 20 heavy (non-hydrogen) atoms. The number of aromatic nitrogens is 2. The molecule has 0 aliphatic rings. The predicted octanol–water partition coefficient (Wildman–Crippen LogP) is 1.53. The van der Waals surface area contributed by atoms with E-state index < -0.39 is 6.10 Å². The Morgan fingerprint density at radius 2 is 2.05 bits per heavy atom. The molecule has 0 aliphatic heterocycles. The predicted molar refractivity (Wildman–Crippen MR) is 77.7 cm³/mol. The molecule has 0 aliphatic carbocycles. The van der Waals surface area contributed by atoms with Gasteiger partial charge < -0.3 is 19.1 Å². The zero-order valence-electron chi connectivity index (χ0n) is 12.1. The molecule has 5 nitrogen and oxygen atoms in total. The fourth-order valence-electron chi connectivity index (χ4n) is 2.15. The smallest absolute Gasteiger partial charge is 0.112 e. The first-order chi connectivity index (χ1) is 9.72. The zero-order chi connectivity index (χ0) is 14.4. The number of nitrogens with zero attached hydrogens (tertiary/aromatic N) is 2. The van der Waals surface area contributed by atoms with E-state index in [-0.39, 0.29) is 0 Å². The second-order valence-electron chi connectivity index (χ2n) is 4.83. The third-order valence-electron chi connectivity index (χ3n) is 3.33. The molecule has 0 spiro atoms. The van der Waals surface area contributed by atoms with Gasteiger partial charge in [-0.3, -0.25) is 0 Å². The van der Waals surface area contributed by atoms with E-state index in [1.54, 1.807) is 7.11 Å². The maximum absolute atomic E-state index is 10.0. The molecule has 2 aromatic rings. The summed E-state index contributed by atoms with van der Waals surface area (Å²) in [5.74, 6) is 0.899. The molecule has 1 N–H and O–H groups in total. The van der Waals surface area contributed by atoms with Gasteiger partial charge in [-0.25, -0.2) is 4.98 Å². The quantitative estimate of drug-likeness (QED) is 0.744. The van der Waals surface area contributed by atoms with Gasteiger partial charge in [0.25, 0.3) is 0 Å². The van der Waals surface area contributed by atoms with Crippen LogP contribution in [0.15, 0.2) is 24.3 Å². The molecule has 110 valence electrons. The summed E-state index contributed by atoms with van der Waals surface area (Å²) in [6, 6.07) is 7.98. The van der Waals surface area contributed by atoms with Crippen LogP contribution in [0.25, 0.3) is 11.0 Å². The summed E-state index contributed by atoms with van der Waals surface area (Å²) in [6.07, 6.45) is 0.708. The van der Waals surface area contributed by atoms with E-state index in [0.29, 0.717) is 32.7 Å². The number of hydrogen-bond acceptors (Lipinski definition) is 4. The first kappa shape index (κ1) is 15.0. The van der Waals surface area contributed by atoms with Crippen molar-refractivity contribution in [2.45, 2.75) is 18.9 Å². The van der Waals surface area contributed by atoms with Crippen molar-refractivity contribution < 1.29 is 14.6 Å². The summed E-state index contributed by atoms with van der Waals surface area (Å²) >= 11 is 0. The molecule has 1 atom stereocenters. The number of aryl methyl sites for hydroxylation is 1. The lowest BCUT2D eigenvalue weighted by Crippen LogP contribution is -2.17. The summed E-state index contributed by atoms with van der Waals surface area (Å²) in [7, 11) is 3.62. The number of methoxy groups -OCH3 is 1. The van der Waals surface area contributed by atoms with Crippen LogP contribution in [0.3, 0.4) is 0 Å². The van der Waals surface area contributed by atoms with Crippen LogP contribution in [0.2, 0.25) is 0 Å². The van der Waals surface area contributed by atoms with Crippen LogP contribution in [0.1, 0.15) is 12.2 Å². The highest BCUT2D eigenvalue weighted by Gasteiger charge is 2.12. The van der Waals surface area contributed by atoms with E-state index in [1.807, 2.05) is 35.9 Å². The Labute approximate surface area is 119 Å². The van der Waals surface area contributed by atoms with Gasteiger partial charge in [-0.15, -0.1) is 0 Å². The van der Waals surface area contributed by atoms with E-state index in [4.69, 9.17) is 9.47 Å². The van der Waals surface area contributed by atoms with Crippen LogP contribution in [0.4, 0.5) is 0 Å². The summed E-state index contributed by atoms with van der Waals surface area (Å²) in [6.45, 7) is 1.69. The van der Waals surface area contributed by atoms with Gasteiger partial charge in [0.15, 0.2) is 0 Å². The van der Waals surface area contributed by atoms with Crippen LogP contribution in [-0.4, -0.2) is 47.7 Å². The molecule has 1 heterocycles. The Morgan fingerprint density at radius 1 is 1.25 bits per heavy atom. The SMILES string of the molecule is COCCOCCC(O)Cc1nc2ccccc2n1C. The third-order valence-corrected chi connectivity index (χ3v) is 3.33. The van der Waals surface area contributed by atoms with Gasteiger partial charge in [0.05, 0.1) is 30.4 Å². The standard InChI is InChI=1S/C15H22N2O3/c1-17-14-6-4-3-5-13(14)16-15(17)11-12(18)7-8-20-10-9-19-2/h3-6,12,18H,7-11H2,1-2H3. The Morgan fingerprint density at radius 3 is 2.80 bits per heavy atom. The van der Waals surface area contributed by atoms with E-state index in [2.05, 4.69) is 4.98 Å². The number of imidazole rings is 1. The molecule has 0 saturated carbocycles. The highest BCUT2D eigenvalue weighted by Crippen LogP contribution is 2.15. The van der Waals surface area contributed by atoms with Crippen molar-refractivity contribution in [3.05, 3.63) is 30.1 Å². The number of para-hydroxylation sites is 2. The van der Waals surface area contributed by atoms with Crippen LogP contribution in [0, 0.1) is 0 Å². The highest BCUT2D eigenvalue weighted by molar-refractivity contribution is 5.75. The minimum Gasteiger partial charge on any atom is -0.393 e. The van der Waals surface area contributed by atoms with Crippen molar-refractivity contribution in [3.8, 4) is 0 Å². The molecule has 0 amide bonds. The summed E-state index contributed by atoms with van der Waals surface area (Å²) in [5, 5.41) is 10.0. The average molecular weight is 278 g/mol. The van der Waals surface area contributed by atoms with Gasteiger partial charge in [0, 0.05) is 27.2 Å². The Bertz CT molecular complexity index is 539. The minimum atomic E-state index is -0.437. The number of rotatable bonds is 8. The summed E-state index contributed by atoms with van der Waals surface area (Å²) in [5.41, 5.74) is 2.06. The molecule has 0 radical (unpaired) electrons. The van der Waals surface area contributed by atoms with E-state index >= 15 is 0 Å². The van der Waals surface area contributed by atoms with E-state index in [9.17, 15) is 5.11 Å². The Kier molecular flexibility index (Phi) is 5.52. The Balaban J connectivity index is 1.86. The Hall–Kier alpha value is -1.43. The first-order valence-electron chi connectivity index (χ1n) is 6.87. The fourth-order valence-corrected chi connectivity index (χ4v) is 2.15. The van der Waals surface area contributed by atoms with Gasteiger partial charge in [-0.2, -0.15) is 0 Å². The summed E-state index contributed by atoms with van der Waals surface area (Å²) in [4.78, 5) is 4.55. The van der Waals surface area contributed by atoms with Gasteiger partial charge in [-0.05, 0) is 18.6 Å². The second-order valence-corrected chi connectivity index (χ2v) is 4.83. The molecule has 0 saturated heterocycles. The number of benzene rings is 1. The maximum atomic E-state index is 10.0. The molecule has 5 heteroatoms. The number of aliphatic hydroxyl groups excluding tert-OH is 1. The van der Waals surface area contributed by atoms with Gasteiger partial charge in [-0.1, -0.05) is 12.1 Å². The lowest BCUT2D eigenvalue weighted by Gasteiger charge is -2.10. The van der Waals surface area contributed by atoms with Crippen molar-refractivity contribution in [2.75, 3.05) is 26.9 Å². The topological polar surface area (TPSA) is 56.5 Å². The summed E-state index contributed by atoms with van der Waals surface area (Å²) < 4.78 is 12.3. The number of hydrogen-bond donors (Lipinski definition) is 1. The maximum Gasteiger partial charge on any atom is 0.112 e. The molecule has 0 fully saturated rings. The van der Waals surface area contributed by atoms with Gasteiger partial charge >= 0.3 is 0 Å². The van der Waals surface area contributed by atoms with Gasteiger partial charge in [0.2, 0.25) is 0 Å². The molecule has 2 rings (SSSR count). The number of ether oxygens (including phenoxy) is 2. The number of fused-ring (bicyclic) bond motifs is 1. The van der Waals surface area contributed by atoms with Crippen molar-refractivity contribution in [3.63, 3.8) is 0 Å². The average Bonchev–Trinajstić information content (AvgIpc) is 2.76. The molecular weight excluding hydrogens is 256 g/mol. The molecular formula is C15H22N2O3.